The van der Waals surface area contributed by atoms with E-state index in [4.69, 9.17) is 16.9 Å². The van der Waals surface area contributed by atoms with Crippen molar-refractivity contribution in [3.05, 3.63) is 59.7 Å². The quantitative estimate of drug-likeness (QED) is 0.704. The molecular formula is C14H12ClN. The van der Waals surface area contributed by atoms with Gasteiger partial charge in [-0.3, -0.25) is 0 Å². The molecule has 0 aromatic heterocycles. The molecule has 16 heavy (non-hydrogen) atoms. The summed E-state index contributed by atoms with van der Waals surface area (Å²) < 4.78 is 0. The summed E-state index contributed by atoms with van der Waals surface area (Å²) in [5, 5.41) is 8.66. The molecule has 0 aliphatic heterocycles. The lowest BCUT2D eigenvalue weighted by atomic mass is 9.94. The van der Waals surface area contributed by atoms with Crippen LogP contribution < -0.4 is 0 Å². The molecule has 2 heteroatoms. The van der Waals surface area contributed by atoms with Crippen molar-refractivity contribution in [3.63, 3.8) is 0 Å². The van der Waals surface area contributed by atoms with E-state index in [9.17, 15) is 0 Å². The van der Waals surface area contributed by atoms with Gasteiger partial charge in [0.15, 0.2) is 0 Å². The highest BCUT2D eigenvalue weighted by atomic mass is 35.5. The van der Waals surface area contributed by atoms with E-state index in [1.807, 2.05) is 42.5 Å². The summed E-state index contributed by atoms with van der Waals surface area (Å²) in [6.45, 7) is 0. The Balaban J connectivity index is 2.14. The molecular weight excluding hydrogens is 218 g/mol. The fourth-order valence-corrected chi connectivity index (χ4v) is 2.04. The molecule has 1 nitrogen and oxygen atoms in total. The van der Waals surface area contributed by atoms with Gasteiger partial charge < -0.3 is 0 Å². The minimum Gasteiger partial charge on any atom is -0.198 e. The van der Waals surface area contributed by atoms with E-state index in [1.54, 1.807) is 0 Å². The molecule has 1 aliphatic carbocycles. The zero-order chi connectivity index (χ0) is 11.4. The van der Waals surface area contributed by atoms with Crippen molar-refractivity contribution in [2.45, 2.75) is 11.8 Å². The van der Waals surface area contributed by atoms with E-state index < -0.39 is 0 Å². The number of benzene rings is 1. The summed E-state index contributed by atoms with van der Waals surface area (Å²) in [5.41, 5.74) is 2.18. The van der Waals surface area contributed by atoms with Gasteiger partial charge in [0.05, 0.1) is 17.4 Å². The first kappa shape index (κ1) is 11.0. The van der Waals surface area contributed by atoms with Gasteiger partial charge in [-0.15, -0.1) is 11.6 Å². The second kappa shape index (κ2) is 5.01. The molecule has 0 heterocycles. The number of halogens is 1. The first-order valence-electron chi connectivity index (χ1n) is 5.28. The lowest BCUT2D eigenvalue weighted by Gasteiger charge is -2.15. The first-order chi connectivity index (χ1) is 7.81. The standard InChI is InChI=1S/C14H12ClN/c15-14(12-4-2-1-3-5-12)13-8-6-11(10-16)7-9-13/h1-6,8-9,11,14H,7H2. The highest BCUT2D eigenvalue weighted by Gasteiger charge is 2.15. The number of hydrogen-bond acceptors (Lipinski definition) is 1. The molecule has 0 spiro atoms. The minimum absolute atomic E-state index is 0.00314. The van der Waals surface area contributed by atoms with Gasteiger partial charge in [-0.25, -0.2) is 0 Å². The third-order valence-corrected chi connectivity index (χ3v) is 3.18. The van der Waals surface area contributed by atoms with E-state index in [-0.39, 0.29) is 11.3 Å². The van der Waals surface area contributed by atoms with Gasteiger partial charge in [-0.05, 0) is 17.6 Å². The number of alkyl halides is 1. The highest BCUT2D eigenvalue weighted by molar-refractivity contribution is 6.22. The zero-order valence-corrected chi connectivity index (χ0v) is 9.56. The van der Waals surface area contributed by atoms with Crippen LogP contribution in [0, 0.1) is 17.2 Å². The maximum Gasteiger partial charge on any atom is 0.0832 e. The molecule has 1 aromatic carbocycles. The monoisotopic (exact) mass is 229 g/mol. The molecule has 0 radical (unpaired) electrons. The zero-order valence-electron chi connectivity index (χ0n) is 8.81. The summed E-state index contributed by atoms with van der Waals surface area (Å²) in [6.07, 6.45) is 6.70. The van der Waals surface area contributed by atoms with Crippen LogP contribution in [0.4, 0.5) is 0 Å². The van der Waals surface area contributed by atoms with Crippen LogP contribution >= 0.6 is 11.6 Å². The van der Waals surface area contributed by atoms with Crippen molar-refractivity contribution in [2.75, 3.05) is 0 Å². The van der Waals surface area contributed by atoms with Crippen LogP contribution in [0.3, 0.4) is 0 Å². The molecule has 1 aliphatic rings. The molecule has 0 fully saturated rings. The second-order valence-corrected chi connectivity index (χ2v) is 4.24. The molecule has 2 unspecified atom stereocenters. The van der Waals surface area contributed by atoms with Gasteiger partial charge in [0.25, 0.3) is 0 Å². The summed E-state index contributed by atoms with van der Waals surface area (Å²) in [7, 11) is 0. The fourth-order valence-electron chi connectivity index (χ4n) is 1.74. The smallest absolute Gasteiger partial charge is 0.0832 e. The molecule has 2 rings (SSSR count). The van der Waals surface area contributed by atoms with E-state index in [2.05, 4.69) is 12.1 Å². The van der Waals surface area contributed by atoms with Crippen LogP contribution in [0.15, 0.2) is 54.1 Å². The SMILES string of the molecule is N#CC1C=CC(C(Cl)c2ccccc2)=CC1. The molecule has 0 N–H and O–H groups in total. The van der Waals surface area contributed by atoms with Crippen LogP contribution in [0.25, 0.3) is 0 Å². The first-order valence-corrected chi connectivity index (χ1v) is 5.72. The Morgan fingerprint density at radius 2 is 2.06 bits per heavy atom. The van der Waals surface area contributed by atoms with E-state index >= 15 is 0 Å². The number of rotatable bonds is 2. The molecule has 0 bridgehead atoms. The highest BCUT2D eigenvalue weighted by Crippen LogP contribution is 2.32. The number of allylic oxidation sites excluding steroid dienone is 4. The predicted octanol–water partition coefficient (Wildman–Crippen LogP) is 3.99. The van der Waals surface area contributed by atoms with Crippen molar-refractivity contribution in [2.24, 2.45) is 5.92 Å². The van der Waals surface area contributed by atoms with Gasteiger partial charge in [-0.2, -0.15) is 5.26 Å². The average molecular weight is 230 g/mol. The Morgan fingerprint density at radius 1 is 1.31 bits per heavy atom. The van der Waals surface area contributed by atoms with Gasteiger partial charge >= 0.3 is 0 Å². The Kier molecular flexibility index (Phi) is 3.44. The predicted molar refractivity (Wildman–Crippen MR) is 66.0 cm³/mol. The Labute approximate surface area is 101 Å². The molecule has 0 amide bonds. The van der Waals surface area contributed by atoms with Crippen molar-refractivity contribution in [3.8, 4) is 6.07 Å². The van der Waals surface area contributed by atoms with Gasteiger partial charge in [0.2, 0.25) is 0 Å². The van der Waals surface area contributed by atoms with Gasteiger partial charge in [0.1, 0.15) is 0 Å². The third kappa shape index (κ3) is 2.35. The molecule has 0 saturated heterocycles. The molecule has 0 saturated carbocycles. The summed E-state index contributed by atoms with van der Waals surface area (Å²) in [6, 6.07) is 12.2. The van der Waals surface area contributed by atoms with Crippen molar-refractivity contribution in [1.82, 2.24) is 0 Å². The van der Waals surface area contributed by atoms with Crippen LogP contribution in [0.2, 0.25) is 0 Å². The Morgan fingerprint density at radius 3 is 2.62 bits per heavy atom. The summed E-state index contributed by atoms with van der Waals surface area (Å²) >= 11 is 6.37. The maximum absolute atomic E-state index is 8.77. The summed E-state index contributed by atoms with van der Waals surface area (Å²) in [5.74, 6) is 0.00314. The second-order valence-electron chi connectivity index (χ2n) is 3.81. The molecule has 80 valence electrons. The van der Waals surface area contributed by atoms with Crippen LogP contribution in [-0.4, -0.2) is 0 Å². The van der Waals surface area contributed by atoms with E-state index in [0.717, 1.165) is 17.6 Å². The van der Waals surface area contributed by atoms with Crippen LogP contribution in [0.5, 0.6) is 0 Å². The number of nitrogens with zero attached hydrogens (tertiary/aromatic N) is 1. The average Bonchev–Trinajstić information content (AvgIpc) is 2.39. The number of nitriles is 1. The van der Waals surface area contributed by atoms with E-state index in [0.29, 0.717) is 0 Å². The van der Waals surface area contributed by atoms with Crippen LogP contribution in [0.1, 0.15) is 17.4 Å². The van der Waals surface area contributed by atoms with Crippen molar-refractivity contribution in [1.29, 1.82) is 5.26 Å². The fraction of sp³-hybridized carbons (Fsp3) is 0.214. The number of hydrogen-bond donors (Lipinski definition) is 0. The van der Waals surface area contributed by atoms with Gasteiger partial charge in [0, 0.05) is 0 Å². The van der Waals surface area contributed by atoms with Crippen molar-refractivity contribution >= 4 is 11.6 Å². The summed E-state index contributed by atoms with van der Waals surface area (Å²) in [4.78, 5) is 0. The normalized spacial score (nSPS) is 21.0. The lowest BCUT2D eigenvalue weighted by molar-refractivity contribution is 0.821. The maximum atomic E-state index is 8.77. The third-order valence-electron chi connectivity index (χ3n) is 2.68. The topological polar surface area (TPSA) is 23.8 Å². The Bertz CT molecular complexity index is 453. The van der Waals surface area contributed by atoms with E-state index in [1.165, 1.54) is 0 Å². The van der Waals surface area contributed by atoms with Crippen molar-refractivity contribution < 1.29 is 0 Å². The largest absolute Gasteiger partial charge is 0.198 e. The lowest BCUT2D eigenvalue weighted by Crippen LogP contribution is -2.00. The molecule has 1 aromatic rings. The van der Waals surface area contributed by atoms with Crippen LogP contribution in [-0.2, 0) is 0 Å². The minimum atomic E-state index is -0.114. The van der Waals surface area contributed by atoms with Gasteiger partial charge in [-0.1, -0.05) is 48.6 Å². The molecule has 2 atom stereocenters. The Hall–Kier alpha value is -1.52.